The van der Waals surface area contributed by atoms with Crippen molar-refractivity contribution in [1.82, 2.24) is 9.97 Å². The molecule has 1 aliphatic heterocycles. The molecule has 5 nitrogen and oxygen atoms in total. The highest BCUT2D eigenvalue weighted by atomic mass is 35.5. The van der Waals surface area contributed by atoms with E-state index in [1.807, 2.05) is 26.0 Å². The SMILES string of the molecule is CC.CCCN(C)c1cc2c(N3CCC(c4ccccc4OC)CC3)nc(C3CC3)nc2cc1Cl. The number of methoxy groups -OCH3 is 1. The highest BCUT2D eigenvalue weighted by molar-refractivity contribution is 6.34. The summed E-state index contributed by atoms with van der Waals surface area (Å²) in [6.45, 7) is 9.10. The molecule has 1 saturated carbocycles. The summed E-state index contributed by atoms with van der Waals surface area (Å²) in [6, 6.07) is 12.7. The summed E-state index contributed by atoms with van der Waals surface area (Å²) < 4.78 is 5.63. The summed E-state index contributed by atoms with van der Waals surface area (Å²) in [5, 5.41) is 1.87. The fraction of sp³-hybridized carbons (Fsp3) is 0.517. The Bertz CT molecular complexity index is 1140. The first kappa shape index (κ1) is 25.6. The van der Waals surface area contributed by atoms with E-state index >= 15 is 0 Å². The molecule has 0 amide bonds. The second-order valence-electron chi connectivity index (χ2n) is 9.43. The number of ether oxygens (including phenoxy) is 1. The first-order chi connectivity index (χ1) is 17.1. The minimum Gasteiger partial charge on any atom is -0.496 e. The van der Waals surface area contributed by atoms with E-state index in [4.69, 9.17) is 26.3 Å². The Kier molecular flexibility index (Phi) is 8.38. The summed E-state index contributed by atoms with van der Waals surface area (Å²) in [5.41, 5.74) is 3.34. The highest BCUT2D eigenvalue weighted by Gasteiger charge is 2.30. The van der Waals surface area contributed by atoms with E-state index in [1.165, 1.54) is 18.4 Å². The van der Waals surface area contributed by atoms with Gasteiger partial charge in [0.25, 0.3) is 0 Å². The standard InChI is InChI=1S/C27H33ClN4O.C2H6/c1-4-13-31(2)24-16-21-23(17-22(24)28)29-26(19-9-10-19)30-27(21)32-14-11-18(12-15-32)20-7-5-6-8-25(20)33-3;1-2/h5-8,16-19H,4,9-15H2,1-3H3;1-2H3. The Morgan fingerprint density at radius 2 is 1.74 bits per heavy atom. The number of aromatic nitrogens is 2. The van der Waals surface area contributed by atoms with Crippen molar-refractivity contribution in [1.29, 1.82) is 0 Å². The molecule has 1 aromatic heterocycles. The lowest BCUT2D eigenvalue weighted by Gasteiger charge is -2.34. The summed E-state index contributed by atoms with van der Waals surface area (Å²) in [7, 11) is 3.87. The van der Waals surface area contributed by atoms with Crippen molar-refractivity contribution in [3.8, 4) is 5.75 Å². The minimum absolute atomic E-state index is 0.500. The molecule has 0 bridgehead atoms. The van der Waals surface area contributed by atoms with E-state index in [0.29, 0.717) is 11.8 Å². The predicted molar refractivity (Wildman–Crippen MR) is 149 cm³/mol. The molecule has 0 unspecified atom stereocenters. The minimum atomic E-state index is 0.500. The fourth-order valence-corrected chi connectivity index (χ4v) is 5.36. The van der Waals surface area contributed by atoms with Crippen LogP contribution in [0.25, 0.3) is 10.9 Å². The van der Waals surface area contributed by atoms with E-state index in [9.17, 15) is 0 Å². The molecule has 0 spiro atoms. The molecule has 0 N–H and O–H groups in total. The second kappa shape index (κ2) is 11.5. The number of hydrogen-bond donors (Lipinski definition) is 0. The van der Waals surface area contributed by atoms with E-state index in [0.717, 1.165) is 77.9 Å². The van der Waals surface area contributed by atoms with Crippen molar-refractivity contribution < 1.29 is 4.74 Å². The average Bonchev–Trinajstić information content (AvgIpc) is 3.75. The van der Waals surface area contributed by atoms with Gasteiger partial charge in [-0.2, -0.15) is 0 Å². The lowest BCUT2D eigenvalue weighted by Crippen LogP contribution is -2.34. The molecule has 1 saturated heterocycles. The maximum absolute atomic E-state index is 6.71. The Hall–Kier alpha value is -2.53. The van der Waals surface area contributed by atoms with Gasteiger partial charge in [-0.15, -0.1) is 0 Å². The predicted octanol–water partition coefficient (Wildman–Crippen LogP) is 7.43. The Balaban J connectivity index is 0.00000141. The van der Waals surface area contributed by atoms with Gasteiger partial charge in [0.1, 0.15) is 17.4 Å². The van der Waals surface area contributed by atoms with Crippen LogP contribution in [0.5, 0.6) is 5.75 Å². The number of anilines is 2. The molecule has 5 rings (SSSR count). The topological polar surface area (TPSA) is 41.5 Å². The normalized spacial score (nSPS) is 16.1. The van der Waals surface area contributed by atoms with Crippen molar-refractivity contribution in [3.63, 3.8) is 0 Å². The zero-order valence-corrected chi connectivity index (χ0v) is 22.6. The van der Waals surface area contributed by atoms with Gasteiger partial charge in [-0.1, -0.05) is 50.6 Å². The number of hydrogen-bond acceptors (Lipinski definition) is 5. The van der Waals surface area contributed by atoms with Crippen molar-refractivity contribution >= 4 is 34.0 Å². The van der Waals surface area contributed by atoms with Crippen LogP contribution in [0.1, 0.15) is 76.1 Å². The maximum Gasteiger partial charge on any atom is 0.140 e. The van der Waals surface area contributed by atoms with Gasteiger partial charge in [0.05, 0.1) is 23.3 Å². The fourth-order valence-electron chi connectivity index (χ4n) is 5.06. The number of rotatable bonds is 7. The molecule has 2 heterocycles. The van der Waals surface area contributed by atoms with Crippen molar-refractivity contribution in [2.75, 3.05) is 43.6 Å². The summed E-state index contributed by atoms with van der Waals surface area (Å²) >= 11 is 6.71. The average molecular weight is 495 g/mol. The number of fused-ring (bicyclic) bond motifs is 1. The van der Waals surface area contributed by atoms with Gasteiger partial charge in [-0.25, -0.2) is 9.97 Å². The Labute approximate surface area is 215 Å². The van der Waals surface area contributed by atoms with E-state index < -0.39 is 0 Å². The monoisotopic (exact) mass is 494 g/mol. The van der Waals surface area contributed by atoms with Crippen molar-refractivity contribution in [3.05, 3.63) is 52.8 Å². The van der Waals surface area contributed by atoms with Gasteiger partial charge in [-0.3, -0.25) is 0 Å². The second-order valence-corrected chi connectivity index (χ2v) is 9.83. The molecule has 6 heteroatoms. The zero-order chi connectivity index (χ0) is 24.9. The Morgan fingerprint density at radius 3 is 2.40 bits per heavy atom. The molecule has 2 aromatic carbocycles. The van der Waals surface area contributed by atoms with Crippen molar-refractivity contribution in [2.24, 2.45) is 0 Å². The quantitative estimate of drug-likeness (QED) is 0.341. The van der Waals surface area contributed by atoms with Gasteiger partial charge in [0.2, 0.25) is 0 Å². The lowest BCUT2D eigenvalue weighted by atomic mass is 9.88. The van der Waals surface area contributed by atoms with Gasteiger partial charge in [0.15, 0.2) is 0 Å². The number of benzene rings is 2. The van der Waals surface area contributed by atoms with Crippen LogP contribution in [-0.2, 0) is 0 Å². The van der Waals surface area contributed by atoms with Crippen LogP contribution in [0.15, 0.2) is 36.4 Å². The molecule has 0 radical (unpaired) electrons. The molecule has 2 aliphatic rings. The number of nitrogens with zero attached hydrogens (tertiary/aromatic N) is 4. The van der Waals surface area contributed by atoms with Crippen LogP contribution < -0.4 is 14.5 Å². The van der Waals surface area contributed by atoms with Crippen LogP contribution in [0.4, 0.5) is 11.5 Å². The zero-order valence-electron chi connectivity index (χ0n) is 21.9. The van der Waals surface area contributed by atoms with Gasteiger partial charge in [0, 0.05) is 38.0 Å². The maximum atomic E-state index is 6.71. The van der Waals surface area contributed by atoms with Crippen LogP contribution in [-0.4, -0.2) is 43.8 Å². The third kappa shape index (κ3) is 5.50. The molecule has 3 aromatic rings. The van der Waals surface area contributed by atoms with Crippen LogP contribution in [0.3, 0.4) is 0 Å². The highest BCUT2D eigenvalue weighted by Crippen LogP contribution is 2.42. The summed E-state index contributed by atoms with van der Waals surface area (Å²) in [5.74, 6) is 4.06. The number of para-hydroxylation sites is 1. The first-order valence-corrected chi connectivity index (χ1v) is 13.6. The molecule has 188 valence electrons. The van der Waals surface area contributed by atoms with Crippen molar-refractivity contribution in [2.45, 2.75) is 64.7 Å². The number of halogens is 1. The molecule has 2 fully saturated rings. The number of piperidine rings is 1. The molecule has 0 atom stereocenters. The first-order valence-electron chi connectivity index (χ1n) is 13.2. The Morgan fingerprint density at radius 1 is 1.03 bits per heavy atom. The van der Waals surface area contributed by atoms with Crippen LogP contribution in [0, 0.1) is 0 Å². The van der Waals surface area contributed by atoms with Crippen LogP contribution in [0.2, 0.25) is 5.02 Å². The van der Waals surface area contributed by atoms with E-state index in [-0.39, 0.29) is 0 Å². The smallest absolute Gasteiger partial charge is 0.140 e. The largest absolute Gasteiger partial charge is 0.496 e. The van der Waals surface area contributed by atoms with Gasteiger partial charge in [-0.05, 0) is 61.8 Å². The summed E-state index contributed by atoms with van der Waals surface area (Å²) in [4.78, 5) is 14.7. The molecular formula is C29H39ClN4O. The van der Waals surface area contributed by atoms with Gasteiger partial charge >= 0.3 is 0 Å². The van der Waals surface area contributed by atoms with E-state index in [2.05, 4.69) is 48.0 Å². The van der Waals surface area contributed by atoms with Crippen LogP contribution >= 0.6 is 11.6 Å². The molecular weight excluding hydrogens is 456 g/mol. The third-order valence-electron chi connectivity index (χ3n) is 7.05. The van der Waals surface area contributed by atoms with Gasteiger partial charge < -0.3 is 14.5 Å². The molecule has 1 aliphatic carbocycles. The molecule has 35 heavy (non-hydrogen) atoms. The summed E-state index contributed by atoms with van der Waals surface area (Å²) in [6.07, 6.45) is 5.62. The lowest BCUT2D eigenvalue weighted by molar-refractivity contribution is 0.397. The third-order valence-corrected chi connectivity index (χ3v) is 7.35. The van der Waals surface area contributed by atoms with E-state index in [1.54, 1.807) is 7.11 Å².